The van der Waals surface area contributed by atoms with E-state index >= 15 is 0 Å². The molecule has 27 heavy (non-hydrogen) atoms. The molecule has 0 aromatic rings. The van der Waals surface area contributed by atoms with E-state index in [0.29, 0.717) is 17.8 Å². The lowest BCUT2D eigenvalue weighted by Gasteiger charge is -2.60. The summed E-state index contributed by atoms with van der Waals surface area (Å²) >= 11 is 6.47. The normalized spacial score (nSPS) is 38.9. The van der Waals surface area contributed by atoms with E-state index in [-0.39, 0.29) is 5.41 Å². The number of carbonyl (C=O) groups is 1. The van der Waals surface area contributed by atoms with Crippen LogP contribution in [0.1, 0.15) is 85.5 Å². The van der Waals surface area contributed by atoms with Gasteiger partial charge in [0.1, 0.15) is 6.29 Å². The van der Waals surface area contributed by atoms with Gasteiger partial charge in [-0.1, -0.05) is 33.8 Å². The molecule has 2 aliphatic carbocycles. The van der Waals surface area contributed by atoms with Gasteiger partial charge in [0.15, 0.2) is 0 Å². The van der Waals surface area contributed by atoms with Crippen LogP contribution in [0.3, 0.4) is 0 Å². The average Bonchev–Trinajstić information content (AvgIpc) is 2.62. The van der Waals surface area contributed by atoms with Crippen LogP contribution in [-0.2, 0) is 9.53 Å². The highest BCUT2D eigenvalue weighted by Crippen LogP contribution is 2.62. The zero-order valence-electron chi connectivity index (χ0n) is 18.1. The second-order valence-corrected chi connectivity index (χ2v) is 10.1. The van der Waals surface area contributed by atoms with Gasteiger partial charge in [0.25, 0.3) is 0 Å². The minimum absolute atomic E-state index is 0.189. The molecule has 2 aliphatic rings. The summed E-state index contributed by atoms with van der Waals surface area (Å²) in [5, 5.41) is 0. The number of aldehydes is 1. The van der Waals surface area contributed by atoms with Crippen LogP contribution in [0.15, 0.2) is 12.3 Å². The zero-order chi connectivity index (χ0) is 20.1. The average molecular weight is 397 g/mol. The highest BCUT2D eigenvalue weighted by molar-refractivity contribution is 6.18. The van der Waals surface area contributed by atoms with Crippen LogP contribution in [0.5, 0.6) is 0 Å². The molecule has 0 aromatic carbocycles. The number of carbonyl (C=O) groups excluding carboxylic acids is 1. The number of allylic oxidation sites excluding steroid dienone is 1. The van der Waals surface area contributed by atoms with E-state index in [2.05, 4.69) is 27.4 Å². The van der Waals surface area contributed by atoms with Crippen molar-refractivity contribution < 1.29 is 9.53 Å². The van der Waals surface area contributed by atoms with Crippen molar-refractivity contribution in [3.05, 3.63) is 12.3 Å². The minimum Gasteiger partial charge on any atom is -0.499 e. The fourth-order valence-electron chi connectivity index (χ4n) is 6.68. The molecule has 0 spiro atoms. The molecule has 0 N–H and O–H groups in total. The number of alkyl halides is 1. The Balaban J connectivity index is 2.23. The van der Waals surface area contributed by atoms with Crippen molar-refractivity contribution in [3.8, 4) is 0 Å². The molecule has 6 atom stereocenters. The Morgan fingerprint density at radius 2 is 2.00 bits per heavy atom. The number of fused-ring (bicyclic) bond motifs is 1. The number of hydrogen-bond donors (Lipinski definition) is 0. The third-order valence-corrected chi connectivity index (χ3v) is 8.70. The Morgan fingerprint density at radius 1 is 1.26 bits per heavy atom. The SMILES string of the molecule is C=C(C)OCCC1CCC2C(CCC=O)[C@@](C)(CCl)CCC2[C@@]1(C)CCC. The van der Waals surface area contributed by atoms with Crippen LogP contribution in [0.25, 0.3) is 0 Å². The summed E-state index contributed by atoms with van der Waals surface area (Å²) in [4.78, 5) is 11.1. The first-order valence-corrected chi connectivity index (χ1v) is 11.6. The topological polar surface area (TPSA) is 26.3 Å². The Labute approximate surface area is 172 Å². The Kier molecular flexibility index (Phi) is 8.28. The monoisotopic (exact) mass is 396 g/mol. The molecule has 0 heterocycles. The van der Waals surface area contributed by atoms with Gasteiger partial charge in [-0.3, -0.25) is 0 Å². The second-order valence-electron chi connectivity index (χ2n) is 9.82. The first kappa shape index (κ1) is 22.8. The largest absolute Gasteiger partial charge is 0.499 e. The van der Waals surface area contributed by atoms with E-state index in [4.69, 9.17) is 16.3 Å². The maximum absolute atomic E-state index is 11.1. The summed E-state index contributed by atoms with van der Waals surface area (Å²) < 4.78 is 5.73. The number of halogens is 1. The molecular weight excluding hydrogens is 356 g/mol. The van der Waals surface area contributed by atoms with E-state index < -0.39 is 0 Å². The van der Waals surface area contributed by atoms with Crippen LogP contribution in [0.4, 0.5) is 0 Å². The summed E-state index contributed by atoms with van der Waals surface area (Å²) in [6, 6.07) is 0. The van der Waals surface area contributed by atoms with E-state index in [1.54, 1.807) is 0 Å². The van der Waals surface area contributed by atoms with Crippen molar-refractivity contribution >= 4 is 17.9 Å². The Hall–Kier alpha value is -0.500. The first-order chi connectivity index (χ1) is 12.8. The number of hydrogen-bond acceptors (Lipinski definition) is 2. The highest BCUT2D eigenvalue weighted by atomic mass is 35.5. The zero-order valence-corrected chi connectivity index (χ0v) is 18.8. The molecule has 0 saturated heterocycles. The Bertz CT molecular complexity index is 505. The molecule has 2 rings (SSSR count). The summed E-state index contributed by atoms with van der Waals surface area (Å²) in [6.07, 6.45) is 11.5. The van der Waals surface area contributed by atoms with Gasteiger partial charge < -0.3 is 9.53 Å². The Morgan fingerprint density at radius 3 is 2.59 bits per heavy atom. The summed E-state index contributed by atoms with van der Waals surface area (Å²) in [7, 11) is 0. The van der Waals surface area contributed by atoms with Crippen LogP contribution >= 0.6 is 11.6 Å². The quantitative estimate of drug-likeness (QED) is 0.225. The lowest BCUT2D eigenvalue weighted by molar-refractivity contribution is -0.113. The lowest BCUT2D eigenvalue weighted by Crippen LogP contribution is -2.52. The van der Waals surface area contributed by atoms with E-state index in [1.165, 1.54) is 38.5 Å². The van der Waals surface area contributed by atoms with Gasteiger partial charge in [0.05, 0.1) is 12.4 Å². The van der Waals surface area contributed by atoms with Crippen molar-refractivity contribution in [2.45, 2.75) is 85.5 Å². The number of rotatable bonds is 10. The van der Waals surface area contributed by atoms with Crippen molar-refractivity contribution in [2.75, 3.05) is 12.5 Å². The van der Waals surface area contributed by atoms with Crippen molar-refractivity contribution in [1.29, 1.82) is 0 Å². The van der Waals surface area contributed by atoms with Gasteiger partial charge in [-0.05, 0) is 86.4 Å². The van der Waals surface area contributed by atoms with Gasteiger partial charge in [0, 0.05) is 12.3 Å². The minimum atomic E-state index is 0.189. The van der Waals surface area contributed by atoms with Gasteiger partial charge in [0.2, 0.25) is 0 Å². The molecule has 0 aliphatic heterocycles. The molecule has 0 aromatic heterocycles. The molecule has 156 valence electrons. The molecule has 4 unspecified atom stereocenters. The molecule has 3 heteroatoms. The lowest BCUT2D eigenvalue weighted by atomic mass is 9.46. The van der Waals surface area contributed by atoms with Gasteiger partial charge in [-0.15, -0.1) is 11.6 Å². The summed E-state index contributed by atoms with van der Waals surface area (Å²) in [6.45, 7) is 13.9. The maximum atomic E-state index is 11.1. The van der Waals surface area contributed by atoms with E-state index in [0.717, 1.165) is 55.1 Å². The number of ether oxygens (including phenoxy) is 1. The van der Waals surface area contributed by atoms with Crippen LogP contribution in [0, 0.1) is 34.5 Å². The third-order valence-electron chi connectivity index (χ3n) is 8.09. The molecule has 2 saturated carbocycles. The van der Waals surface area contributed by atoms with E-state index in [1.807, 2.05) is 6.92 Å². The fourth-order valence-corrected chi connectivity index (χ4v) is 7.01. The summed E-state index contributed by atoms with van der Waals surface area (Å²) in [5.41, 5.74) is 0.567. The predicted octanol–water partition coefficient (Wildman–Crippen LogP) is 7.01. The fraction of sp³-hybridized carbons (Fsp3) is 0.875. The smallest absolute Gasteiger partial charge is 0.120 e. The van der Waals surface area contributed by atoms with Gasteiger partial charge in [-0.25, -0.2) is 0 Å². The maximum Gasteiger partial charge on any atom is 0.120 e. The van der Waals surface area contributed by atoms with Gasteiger partial charge >= 0.3 is 0 Å². The first-order valence-electron chi connectivity index (χ1n) is 11.1. The molecule has 2 fully saturated rings. The molecular formula is C24H41ClO2. The second kappa shape index (κ2) is 9.81. The summed E-state index contributed by atoms with van der Waals surface area (Å²) in [5.74, 6) is 4.34. The van der Waals surface area contributed by atoms with Crippen LogP contribution < -0.4 is 0 Å². The molecule has 0 amide bonds. The van der Waals surface area contributed by atoms with Crippen molar-refractivity contribution in [3.63, 3.8) is 0 Å². The van der Waals surface area contributed by atoms with Crippen molar-refractivity contribution in [1.82, 2.24) is 0 Å². The van der Waals surface area contributed by atoms with Crippen LogP contribution in [0.2, 0.25) is 0 Å². The van der Waals surface area contributed by atoms with Crippen LogP contribution in [-0.4, -0.2) is 18.8 Å². The standard InChI is InChI=1S/C24H41ClO2/c1-6-13-24(5)19(12-16-27-18(2)3)9-10-20-21(8-7-15-26)23(4,17-25)14-11-22(20)24/h15,19-22H,2,6-14,16-17H2,1,3-5H3/t19?,20?,21?,22?,23-,24+/m1/s1. The molecule has 0 bridgehead atoms. The third kappa shape index (κ3) is 4.92. The van der Waals surface area contributed by atoms with Crippen molar-refractivity contribution in [2.24, 2.45) is 34.5 Å². The molecule has 2 nitrogen and oxygen atoms in total. The van der Waals surface area contributed by atoms with E-state index in [9.17, 15) is 4.79 Å². The highest BCUT2D eigenvalue weighted by Gasteiger charge is 2.54. The predicted molar refractivity (Wildman–Crippen MR) is 115 cm³/mol. The van der Waals surface area contributed by atoms with Gasteiger partial charge in [-0.2, -0.15) is 0 Å². The molecule has 0 radical (unpaired) electrons.